The molecule has 3 rings (SSSR count). The highest BCUT2D eigenvalue weighted by Crippen LogP contribution is 2.19. The van der Waals surface area contributed by atoms with E-state index in [0.29, 0.717) is 11.4 Å². The number of nitrogens with one attached hydrogen (secondary N) is 1. The number of hydrogen-bond acceptors (Lipinski definition) is 6. The summed E-state index contributed by atoms with van der Waals surface area (Å²) < 4.78 is 2.33. The lowest BCUT2D eigenvalue weighted by Gasteiger charge is -2.04. The molecule has 0 bridgehead atoms. The van der Waals surface area contributed by atoms with Crippen LogP contribution in [0.2, 0.25) is 5.15 Å². The molecule has 8 nitrogen and oxygen atoms in total. The van der Waals surface area contributed by atoms with Crippen LogP contribution in [0.3, 0.4) is 0 Å². The highest BCUT2D eigenvalue weighted by Gasteiger charge is 2.13. The monoisotopic (exact) mass is 494 g/mol. The number of carbonyl (C=O) groups is 1. The first-order chi connectivity index (χ1) is 13.8. The summed E-state index contributed by atoms with van der Waals surface area (Å²) in [6.45, 7) is 0.301. The number of benzene rings is 2. The molecule has 0 saturated heterocycles. The molecule has 1 amide bonds. The number of non-ortho nitro benzene ring substituents is 1. The number of amides is 1. The highest BCUT2D eigenvalue weighted by molar-refractivity contribution is 9.10. The molecule has 29 heavy (non-hydrogen) atoms. The van der Waals surface area contributed by atoms with Crippen LogP contribution < -0.4 is 10.3 Å². The minimum Gasteiger partial charge on any atom is -0.284 e. The Morgan fingerprint density at radius 1 is 1.31 bits per heavy atom. The number of carbonyl (C=O) groups excluding carboxylic acids is 1. The van der Waals surface area contributed by atoms with E-state index in [1.165, 1.54) is 29.0 Å². The van der Waals surface area contributed by atoms with Crippen molar-refractivity contribution in [3.8, 4) is 0 Å². The van der Waals surface area contributed by atoms with Crippen molar-refractivity contribution in [3.05, 3.63) is 93.9 Å². The maximum Gasteiger partial charge on any atom is 0.309 e. The summed E-state index contributed by atoms with van der Waals surface area (Å²) in [5, 5.41) is 14.8. The summed E-state index contributed by atoms with van der Waals surface area (Å²) >= 11 is 10.5. The number of thiazole rings is 1. The van der Waals surface area contributed by atoms with Gasteiger partial charge in [0.05, 0.1) is 22.6 Å². The van der Waals surface area contributed by atoms with E-state index in [0.717, 1.165) is 27.4 Å². The molecule has 0 aliphatic heterocycles. The minimum atomic E-state index is -0.622. The van der Waals surface area contributed by atoms with Crippen LogP contribution in [0.15, 0.2) is 62.9 Å². The van der Waals surface area contributed by atoms with E-state index in [-0.39, 0.29) is 21.3 Å². The van der Waals surface area contributed by atoms with Gasteiger partial charge in [-0.05, 0) is 23.8 Å². The van der Waals surface area contributed by atoms with Crippen molar-refractivity contribution in [2.75, 3.05) is 0 Å². The van der Waals surface area contributed by atoms with Gasteiger partial charge in [0, 0.05) is 22.2 Å². The average Bonchev–Trinajstić information content (AvgIpc) is 2.97. The second-order valence-electron chi connectivity index (χ2n) is 5.74. The number of hydrazone groups is 1. The Morgan fingerprint density at radius 3 is 2.72 bits per heavy atom. The Labute approximate surface area is 181 Å². The molecule has 0 unspecified atom stereocenters. The van der Waals surface area contributed by atoms with Gasteiger partial charge in [0.1, 0.15) is 5.15 Å². The third-order valence-corrected chi connectivity index (χ3v) is 5.74. The molecule has 0 atom stereocenters. The second-order valence-corrected chi connectivity index (χ2v) is 8.01. The van der Waals surface area contributed by atoms with Gasteiger partial charge in [-0.25, -0.2) is 5.43 Å². The summed E-state index contributed by atoms with van der Waals surface area (Å²) in [4.78, 5) is 34.6. The van der Waals surface area contributed by atoms with Crippen LogP contribution in [0.4, 0.5) is 5.69 Å². The Kier molecular flexibility index (Phi) is 6.57. The molecule has 0 aliphatic rings. The van der Waals surface area contributed by atoms with Crippen molar-refractivity contribution in [2.45, 2.75) is 6.54 Å². The van der Waals surface area contributed by atoms with E-state index in [4.69, 9.17) is 11.6 Å². The van der Waals surface area contributed by atoms with E-state index < -0.39 is 10.8 Å². The molecule has 148 valence electrons. The summed E-state index contributed by atoms with van der Waals surface area (Å²) in [7, 11) is 0. The number of nitro groups is 1. The van der Waals surface area contributed by atoms with Crippen LogP contribution in [0.1, 0.15) is 20.8 Å². The van der Waals surface area contributed by atoms with Crippen LogP contribution in [0.5, 0.6) is 0 Å². The van der Waals surface area contributed by atoms with Crippen molar-refractivity contribution in [1.82, 2.24) is 9.99 Å². The number of aromatic nitrogens is 1. The highest BCUT2D eigenvalue weighted by atomic mass is 79.9. The first-order valence-corrected chi connectivity index (χ1v) is 10.1. The van der Waals surface area contributed by atoms with Gasteiger partial charge in [-0.1, -0.05) is 57.1 Å². The topological polar surface area (TPSA) is 107 Å². The van der Waals surface area contributed by atoms with Gasteiger partial charge in [-0.15, -0.1) is 0 Å². The predicted octanol–water partition coefficient (Wildman–Crippen LogP) is 4.05. The van der Waals surface area contributed by atoms with Gasteiger partial charge in [-0.3, -0.25) is 24.3 Å². The van der Waals surface area contributed by atoms with Crippen molar-refractivity contribution in [3.63, 3.8) is 0 Å². The zero-order valence-corrected chi connectivity index (χ0v) is 17.7. The molecule has 0 aliphatic carbocycles. The van der Waals surface area contributed by atoms with Crippen LogP contribution in [0.25, 0.3) is 0 Å². The van der Waals surface area contributed by atoms with Gasteiger partial charge in [0.15, 0.2) is 0 Å². The van der Waals surface area contributed by atoms with Crippen molar-refractivity contribution in [1.29, 1.82) is 0 Å². The van der Waals surface area contributed by atoms with E-state index in [9.17, 15) is 19.7 Å². The quantitative estimate of drug-likeness (QED) is 0.316. The largest absolute Gasteiger partial charge is 0.309 e. The van der Waals surface area contributed by atoms with E-state index in [1.54, 1.807) is 0 Å². The zero-order chi connectivity index (χ0) is 21.0. The molecule has 11 heteroatoms. The lowest BCUT2D eigenvalue weighted by atomic mass is 10.2. The normalized spacial score (nSPS) is 11.0. The van der Waals surface area contributed by atoms with Gasteiger partial charge >= 0.3 is 4.87 Å². The maximum absolute atomic E-state index is 12.2. The fourth-order valence-electron chi connectivity index (χ4n) is 2.37. The second kappa shape index (κ2) is 9.12. The van der Waals surface area contributed by atoms with E-state index in [2.05, 4.69) is 26.5 Å². The number of rotatable bonds is 6. The maximum atomic E-state index is 12.2. The molecule has 2 aromatic carbocycles. The van der Waals surface area contributed by atoms with Gasteiger partial charge < -0.3 is 0 Å². The lowest BCUT2D eigenvalue weighted by molar-refractivity contribution is -0.384. The summed E-state index contributed by atoms with van der Waals surface area (Å²) in [6, 6.07) is 12.7. The number of nitro benzene ring substituents is 1. The standard InChI is InChI=1S/C18H12BrClN4O4S/c19-13-6-4-11(5-7-13)10-23-16(20)15(29-18(23)26)9-21-22-17(25)12-2-1-3-14(8-12)24(27)28/h1-9H,10H2,(H,22,25)/b21-9+. The predicted molar refractivity (Wildman–Crippen MR) is 115 cm³/mol. The molecule has 0 fully saturated rings. The molecule has 0 radical (unpaired) electrons. The Morgan fingerprint density at radius 2 is 2.03 bits per heavy atom. The molecule has 3 aromatic rings. The fraction of sp³-hybridized carbons (Fsp3) is 0.0556. The molecular weight excluding hydrogens is 484 g/mol. The smallest absolute Gasteiger partial charge is 0.284 e. The molecule has 0 spiro atoms. The Bertz CT molecular complexity index is 1160. The van der Waals surface area contributed by atoms with Crippen LogP contribution in [-0.2, 0) is 6.54 Å². The number of hydrogen-bond donors (Lipinski definition) is 1. The Hall–Kier alpha value is -2.82. The van der Waals surface area contributed by atoms with Crippen molar-refractivity contribution >= 4 is 56.7 Å². The van der Waals surface area contributed by atoms with Crippen LogP contribution in [-0.4, -0.2) is 21.6 Å². The van der Waals surface area contributed by atoms with Crippen molar-refractivity contribution < 1.29 is 9.72 Å². The van der Waals surface area contributed by atoms with Crippen LogP contribution in [0, 0.1) is 10.1 Å². The third kappa shape index (κ3) is 5.17. The lowest BCUT2D eigenvalue weighted by Crippen LogP contribution is -2.17. The van der Waals surface area contributed by atoms with E-state index >= 15 is 0 Å². The van der Waals surface area contributed by atoms with Gasteiger partial charge in [0.25, 0.3) is 11.6 Å². The molecular formula is C18H12BrClN4O4S. The number of halogens is 2. The summed E-state index contributed by atoms with van der Waals surface area (Å²) in [5.74, 6) is -0.622. The third-order valence-electron chi connectivity index (χ3n) is 3.78. The van der Waals surface area contributed by atoms with Crippen LogP contribution >= 0.6 is 38.9 Å². The molecule has 1 heterocycles. The summed E-state index contributed by atoms with van der Waals surface area (Å²) in [6.07, 6.45) is 1.27. The SMILES string of the molecule is O=C(N/N=C/c1sc(=O)n(Cc2ccc(Br)cc2)c1Cl)c1cccc([N+](=O)[O-])c1. The molecule has 0 saturated carbocycles. The average molecular weight is 496 g/mol. The summed E-state index contributed by atoms with van der Waals surface area (Å²) in [5.41, 5.74) is 3.05. The fourth-order valence-corrected chi connectivity index (χ4v) is 3.73. The first-order valence-electron chi connectivity index (χ1n) is 8.06. The first kappa shape index (κ1) is 20.9. The van der Waals surface area contributed by atoms with Gasteiger partial charge in [-0.2, -0.15) is 5.10 Å². The van der Waals surface area contributed by atoms with Gasteiger partial charge in [0.2, 0.25) is 0 Å². The van der Waals surface area contributed by atoms with Crippen molar-refractivity contribution in [2.24, 2.45) is 5.10 Å². The Balaban J connectivity index is 1.72. The van der Waals surface area contributed by atoms with E-state index in [1.807, 2.05) is 24.3 Å². The minimum absolute atomic E-state index is 0.0865. The number of nitrogens with zero attached hydrogens (tertiary/aromatic N) is 3. The molecule has 1 aromatic heterocycles. The molecule has 1 N–H and O–H groups in total. The zero-order valence-electron chi connectivity index (χ0n) is 14.5.